The first-order chi connectivity index (χ1) is 22.9. The van der Waals surface area contributed by atoms with Gasteiger partial charge < -0.3 is 39.1 Å². The van der Waals surface area contributed by atoms with Crippen molar-refractivity contribution in [3.63, 3.8) is 0 Å². The molecule has 0 fully saturated rings. The average molecular weight is 639 g/mol. The summed E-state index contributed by atoms with van der Waals surface area (Å²) in [4.78, 5) is 24.8. The molecule has 0 saturated heterocycles. The van der Waals surface area contributed by atoms with E-state index in [9.17, 15) is 9.59 Å². The fourth-order valence-corrected chi connectivity index (χ4v) is 4.29. The molecule has 0 atom stereocenters. The monoisotopic (exact) mass is 638 g/mol. The second kappa shape index (κ2) is 17.6. The van der Waals surface area contributed by atoms with Crippen LogP contribution in [-0.2, 0) is 9.59 Å². The summed E-state index contributed by atoms with van der Waals surface area (Å²) in [5.74, 6) is 3.00. The second-order valence-corrected chi connectivity index (χ2v) is 9.97. The molecule has 0 aliphatic rings. The van der Waals surface area contributed by atoms with Crippen molar-refractivity contribution in [2.45, 2.75) is 6.42 Å². The molecule has 0 saturated carbocycles. The van der Waals surface area contributed by atoms with Gasteiger partial charge in [0, 0.05) is 42.1 Å². The number of ether oxygens (including phenoxy) is 6. The maximum atomic E-state index is 12.4. The smallest absolute Gasteiger partial charge is 0.248 e. The van der Waals surface area contributed by atoms with E-state index in [0.29, 0.717) is 54.0 Å². The summed E-state index contributed by atoms with van der Waals surface area (Å²) in [5.41, 5.74) is 2.89. The van der Waals surface area contributed by atoms with Gasteiger partial charge in [0.05, 0.1) is 41.7 Å². The van der Waals surface area contributed by atoms with E-state index in [-0.39, 0.29) is 11.8 Å². The molecule has 10 nitrogen and oxygen atoms in total. The van der Waals surface area contributed by atoms with Crippen LogP contribution in [0.3, 0.4) is 0 Å². The number of carbonyl (C=O) groups excluding carboxylic acids is 2. The molecule has 0 radical (unpaired) electrons. The van der Waals surface area contributed by atoms with Gasteiger partial charge in [-0.3, -0.25) is 9.59 Å². The molecule has 0 heterocycles. The molecule has 0 bridgehead atoms. The Morgan fingerprint density at radius 3 is 1.30 bits per heavy atom. The first-order valence-corrected chi connectivity index (χ1v) is 14.8. The number of hydrogen-bond donors (Lipinski definition) is 2. The predicted octanol–water partition coefficient (Wildman–Crippen LogP) is 6.87. The number of benzene rings is 4. The Hall–Kier alpha value is -5.90. The molecule has 0 unspecified atom stereocenters. The van der Waals surface area contributed by atoms with E-state index in [4.69, 9.17) is 28.4 Å². The van der Waals surface area contributed by atoms with E-state index < -0.39 is 0 Å². The molecule has 0 spiro atoms. The van der Waals surface area contributed by atoms with E-state index in [2.05, 4.69) is 10.6 Å². The van der Waals surface area contributed by atoms with E-state index in [1.54, 1.807) is 62.8 Å². The first-order valence-electron chi connectivity index (χ1n) is 14.8. The van der Waals surface area contributed by atoms with Crippen LogP contribution >= 0.6 is 0 Å². The third-order valence-electron chi connectivity index (χ3n) is 6.75. The Kier molecular flexibility index (Phi) is 12.7. The van der Waals surface area contributed by atoms with Crippen LogP contribution in [0.2, 0.25) is 0 Å². The third-order valence-corrected chi connectivity index (χ3v) is 6.75. The highest BCUT2D eigenvalue weighted by Crippen LogP contribution is 2.32. The van der Waals surface area contributed by atoms with Gasteiger partial charge in [-0.25, -0.2) is 0 Å². The van der Waals surface area contributed by atoms with Crippen molar-refractivity contribution in [2.24, 2.45) is 0 Å². The van der Waals surface area contributed by atoms with Crippen molar-refractivity contribution >= 4 is 35.3 Å². The predicted molar refractivity (Wildman–Crippen MR) is 183 cm³/mol. The van der Waals surface area contributed by atoms with Gasteiger partial charge in [0.2, 0.25) is 11.8 Å². The SMILES string of the molecule is COc1ccc(/C=C/C(=O)Nc2ccc(OCCCOc3ccc(NC(=O)/C=C/c4ccc(OC)cc4)cc3OC)c(OC)c2)cc1. The van der Waals surface area contributed by atoms with Gasteiger partial charge >= 0.3 is 0 Å². The van der Waals surface area contributed by atoms with Gasteiger partial charge in [-0.05, 0) is 71.8 Å². The van der Waals surface area contributed by atoms with Crippen molar-refractivity contribution in [1.82, 2.24) is 0 Å². The summed E-state index contributed by atoms with van der Waals surface area (Å²) in [6.45, 7) is 0.729. The number of anilines is 2. The van der Waals surface area contributed by atoms with Crippen LogP contribution < -0.4 is 39.1 Å². The number of amides is 2. The molecule has 0 aliphatic carbocycles. The van der Waals surface area contributed by atoms with Crippen LogP contribution in [0.4, 0.5) is 11.4 Å². The van der Waals surface area contributed by atoms with Gasteiger partial charge in [0.25, 0.3) is 0 Å². The lowest BCUT2D eigenvalue weighted by atomic mass is 10.2. The molecule has 10 heteroatoms. The summed E-state index contributed by atoms with van der Waals surface area (Å²) in [6.07, 6.45) is 6.94. The minimum absolute atomic E-state index is 0.277. The topological polar surface area (TPSA) is 114 Å². The highest BCUT2D eigenvalue weighted by Gasteiger charge is 2.10. The van der Waals surface area contributed by atoms with E-state index in [1.165, 1.54) is 26.4 Å². The summed E-state index contributed by atoms with van der Waals surface area (Å²) in [6, 6.07) is 25.1. The van der Waals surface area contributed by atoms with E-state index in [1.807, 2.05) is 48.5 Å². The zero-order chi connectivity index (χ0) is 33.4. The molecular formula is C37H38N2O8. The molecule has 0 aliphatic heterocycles. The Bertz CT molecular complexity index is 1560. The number of hydrogen-bond acceptors (Lipinski definition) is 8. The van der Waals surface area contributed by atoms with Crippen LogP contribution in [0.15, 0.2) is 97.1 Å². The van der Waals surface area contributed by atoms with Crippen LogP contribution in [0.25, 0.3) is 12.2 Å². The van der Waals surface area contributed by atoms with Crippen molar-refractivity contribution in [2.75, 3.05) is 52.3 Å². The molecule has 4 aromatic carbocycles. The van der Waals surface area contributed by atoms with Gasteiger partial charge in [0.1, 0.15) is 11.5 Å². The molecule has 4 rings (SSSR count). The number of rotatable bonds is 16. The number of nitrogens with one attached hydrogen (secondary N) is 2. The molecule has 2 amide bonds. The highest BCUT2D eigenvalue weighted by atomic mass is 16.5. The Morgan fingerprint density at radius 1 is 0.532 bits per heavy atom. The van der Waals surface area contributed by atoms with Gasteiger partial charge in [-0.1, -0.05) is 24.3 Å². The van der Waals surface area contributed by atoms with Gasteiger partial charge in [0.15, 0.2) is 23.0 Å². The zero-order valence-corrected chi connectivity index (χ0v) is 26.8. The molecule has 4 aromatic rings. The Balaban J connectivity index is 1.22. The molecule has 0 aromatic heterocycles. The Morgan fingerprint density at radius 2 is 0.936 bits per heavy atom. The summed E-state index contributed by atoms with van der Waals surface area (Å²) in [5, 5.41) is 5.65. The van der Waals surface area contributed by atoms with Crippen LogP contribution in [0.5, 0.6) is 34.5 Å². The average Bonchev–Trinajstić information content (AvgIpc) is 3.10. The number of methoxy groups -OCH3 is 4. The standard InChI is InChI=1S/C37H38N2O8/c1-42-30-14-6-26(7-15-30)10-20-36(40)38-28-12-18-32(34(24-28)44-3)46-22-5-23-47-33-19-13-29(25-35(33)45-4)39-37(41)21-11-27-8-16-31(43-2)17-9-27/h6-21,24-25H,5,22-23H2,1-4H3,(H,38,40)(H,39,41)/b20-10+,21-11+. The van der Waals surface area contributed by atoms with Crippen LogP contribution in [0, 0.1) is 0 Å². The quantitative estimate of drug-likeness (QED) is 0.101. The van der Waals surface area contributed by atoms with Crippen molar-refractivity contribution < 1.29 is 38.0 Å². The molecule has 2 N–H and O–H groups in total. The highest BCUT2D eigenvalue weighted by molar-refractivity contribution is 6.02. The van der Waals surface area contributed by atoms with Crippen molar-refractivity contribution in [3.05, 3.63) is 108 Å². The molecule has 47 heavy (non-hydrogen) atoms. The van der Waals surface area contributed by atoms with E-state index in [0.717, 1.165) is 22.6 Å². The normalized spacial score (nSPS) is 10.8. The first kappa shape index (κ1) is 34.0. The number of carbonyl (C=O) groups is 2. The van der Waals surface area contributed by atoms with Crippen LogP contribution in [-0.4, -0.2) is 53.5 Å². The Labute approximate surface area is 274 Å². The minimum Gasteiger partial charge on any atom is -0.497 e. The minimum atomic E-state index is -0.277. The second-order valence-electron chi connectivity index (χ2n) is 9.97. The maximum Gasteiger partial charge on any atom is 0.248 e. The maximum absolute atomic E-state index is 12.4. The largest absolute Gasteiger partial charge is 0.497 e. The fourth-order valence-electron chi connectivity index (χ4n) is 4.29. The summed E-state index contributed by atoms with van der Waals surface area (Å²) in [7, 11) is 6.28. The lowest BCUT2D eigenvalue weighted by molar-refractivity contribution is -0.112. The third kappa shape index (κ3) is 10.6. The van der Waals surface area contributed by atoms with Gasteiger partial charge in [-0.15, -0.1) is 0 Å². The lowest BCUT2D eigenvalue weighted by Crippen LogP contribution is -2.09. The lowest BCUT2D eigenvalue weighted by Gasteiger charge is -2.14. The summed E-state index contributed by atoms with van der Waals surface area (Å²) < 4.78 is 33.0. The molecule has 244 valence electrons. The molecular weight excluding hydrogens is 600 g/mol. The zero-order valence-electron chi connectivity index (χ0n) is 26.8. The van der Waals surface area contributed by atoms with Crippen molar-refractivity contribution in [3.8, 4) is 34.5 Å². The van der Waals surface area contributed by atoms with Crippen LogP contribution in [0.1, 0.15) is 17.5 Å². The van der Waals surface area contributed by atoms with Gasteiger partial charge in [-0.2, -0.15) is 0 Å². The van der Waals surface area contributed by atoms with E-state index >= 15 is 0 Å². The van der Waals surface area contributed by atoms with Crippen molar-refractivity contribution in [1.29, 1.82) is 0 Å². The summed E-state index contributed by atoms with van der Waals surface area (Å²) >= 11 is 0. The fraction of sp³-hybridized carbons (Fsp3) is 0.189.